The van der Waals surface area contributed by atoms with E-state index in [4.69, 9.17) is 11.6 Å². The molecule has 6 nitrogen and oxygen atoms in total. The van der Waals surface area contributed by atoms with E-state index in [2.05, 4.69) is 0 Å². The van der Waals surface area contributed by atoms with Crippen molar-refractivity contribution < 1.29 is 16.8 Å². The van der Waals surface area contributed by atoms with Gasteiger partial charge in [0.05, 0.1) is 4.90 Å². The van der Waals surface area contributed by atoms with Gasteiger partial charge in [-0.2, -0.15) is 8.61 Å². The summed E-state index contributed by atoms with van der Waals surface area (Å²) in [4.78, 5) is 1.03. The third kappa shape index (κ3) is 3.76. The number of piperazine rings is 1. The summed E-state index contributed by atoms with van der Waals surface area (Å²) in [5.41, 5.74) is 0. The topological polar surface area (TPSA) is 74.8 Å². The molecule has 1 aliphatic heterocycles. The lowest BCUT2D eigenvalue weighted by molar-refractivity contribution is 0.273. The lowest BCUT2D eigenvalue weighted by Gasteiger charge is -2.33. The first-order valence-corrected chi connectivity index (χ1v) is 11.6. The van der Waals surface area contributed by atoms with E-state index < -0.39 is 20.0 Å². The minimum Gasteiger partial charge on any atom is -0.207 e. The summed E-state index contributed by atoms with van der Waals surface area (Å²) in [6, 6.07) is 9.41. The zero-order chi connectivity index (χ0) is 18.2. The smallest absolute Gasteiger partial charge is 0.207 e. The van der Waals surface area contributed by atoms with Crippen molar-refractivity contribution in [3.8, 4) is 0 Å². The van der Waals surface area contributed by atoms with Gasteiger partial charge in [0.1, 0.15) is 4.21 Å². The second-order valence-corrected chi connectivity index (χ2v) is 11.5. The summed E-state index contributed by atoms with van der Waals surface area (Å²) < 4.78 is 53.5. The van der Waals surface area contributed by atoms with Crippen LogP contribution in [-0.2, 0) is 20.0 Å². The van der Waals surface area contributed by atoms with Crippen molar-refractivity contribution in [2.24, 2.45) is 0 Å². The molecule has 1 fully saturated rings. The predicted octanol–water partition coefficient (Wildman–Crippen LogP) is 2.41. The molecule has 0 atom stereocenters. The van der Waals surface area contributed by atoms with Crippen molar-refractivity contribution in [1.82, 2.24) is 8.61 Å². The van der Waals surface area contributed by atoms with E-state index in [0.717, 1.165) is 4.88 Å². The lowest BCUT2D eigenvalue weighted by atomic mass is 10.4. The van der Waals surface area contributed by atoms with Gasteiger partial charge in [-0.1, -0.05) is 17.7 Å². The molecule has 0 amide bonds. The van der Waals surface area contributed by atoms with Crippen molar-refractivity contribution in [2.75, 3.05) is 26.2 Å². The Bertz CT molecular complexity index is 978. The molecule has 25 heavy (non-hydrogen) atoms. The molecule has 0 aliphatic carbocycles. The molecule has 10 heteroatoms. The van der Waals surface area contributed by atoms with Gasteiger partial charge in [0.15, 0.2) is 0 Å². The second-order valence-electron chi connectivity index (χ2n) is 5.63. The number of aryl methyl sites for hydroxylation is 1. The van der Waals surface area contributed by atoms with Crippen LogP contribution in [0.15, 0.2) is 45.5 Å². The van der Waals surface area contributed by atoms with Gasteiger partial charge >= 0.3 is 0 Å². The summed E-state index contributed by atoms with van der Waals surface area (Å²) in [5.74, 6) is 0. The van der Waals surface area contributed by atoms with Crippen LogP contribution in [0.2, 0.25) is 5.02 Å². The highest BCUT2D eigenvalue weighted by Crippen LogP contribution is 2.26. The molecule has 0 bridgehead atoms. The molecule has 0 spiro atoms. The third-order valence-corrected chi connectivity index (χ3v) is 9.44. The van der Waals surface area contributed by atoms with Crippen molar-refractivity contribution in [3.63, 3.8) is 0 Å². The summed E-state index contributed by atoms with van der Waals surface area (Å²) in [6.07, 6.45) is 0. The minimum atomic E-state index is -3.68. The van der Waals surface area contributed by atoms with Crippen LogP contribution in [0.5, 0.6) is 0 Å². The fraction of sp³-hybridized carbons (Fsp3) is 0.333. The SMILES string of the molecule is Cc1ccc(S(=O)(=O)N2CCN(S(=O)(=O)c3cccc(Cl)c3)CC2)s1. The monoisotopic (exact) mass is 420 g/mol. The van der Waals surface area contributed by atoms with Gasteiger partial charge in [-0.15, -0.1) is 11.3 Å². The summed E-state index contributed by atoms with van der Waals surface area (Å²) in [7, 11) is -7.26. The van der Waals surface area contributed by atoms with Crippen LogP contribution in [0.1, 0.15) is 4.88 Å². The Morgan fingerprint density at radius 2 is 1.52 bits per heavy atom. The lowest BCUT2D eigenvalue weighted by Crippen LogP contribution is -2.50. The van der Waals surface area contributed by atoms with Gasteiger partial charge in [0, 0.05) is 36.1 Å². The fourth-order valence-corrected chi connectivity index (χ4v) is 7.19. The number of hydrogen-bond donors (Lipinski definition) is 0. The summed E-state index contributed by atoms with van der Waals surface area (Å²) in [6.45, 7) is 2.31. The van der Waals surface area contributed by atoms with Crippen LogP contribution < -0.4 is 0 Å². The van der Waals surface area contributed by atoms with Crippen molar-refractivity contribution in [3.05, 3.63) is 46.3 Å². The van der Waals surface area contributed by atoms with E-state index in [0.29, 0.717) is 5.02 Å². The highest BCUT2D eigenvalue weighted by Gasteiger charge is 2.34. The first-order chi connectivity index (χ1) is 11.7. The maximum atomic E-state index is 12.7. The molecule has 1 aromatic heterocycles. The average Bonchev–Trinajstić information content (AvgIpc) is 3.02. The van der Waals surface area contributed by atoms with Gasteiger partial charge in [-0.05, 0) is 37.3 Å². The van der Waals surface area contributed by atoms with Crippen LogP contribution in [0.3, 0.4) is 0 Å². The molecule has 0 saturated carbocycles. The Morgan fingerprint density at radius 1 is 0.920 bits per heavy atom. The fourth-order valence-electron chi connectivity index (χ4n) is 2.60. The Labute approximate surface area is 156 Å². The maximum Gasteiger partial charge on any atom is 0.252 e. The van der Waals surface area contributed by atoms with Gasteiger partial charge in [-0.3, -0.25) is 0 Å². The van der Waals surface area contributed by atoms with Crippen molar-refractivity contribution in [1.29, 1.82) is 0 Å². The minimum absolute atomic E-state index is 0.110. The quantitative estimate of drug-likeness (QED) is 0.761. The second kappa shape index (κ2) is 6.98. The van der Waals surface area contributed by atoms with Gasteiger partial charge in [-0.25, -0.2) is 16.8 Å². The van der Waals surface area contributed by atoms with Gasteiger partial charge in [0.2, 0.25) is 10.0 Å². The third-order valence-electron chi connectivity index (χ3n) is 3.94. The molecule has 0 N–H and O–H groups in total. The molecular formula is C15H17ClN2O4S3. The Kier molecular flexibility index (Phi) is 5.25. The van der Waals surface area contributed by atoms with Crippen LogP contribution in [-0.4, -0.2) is 51.6 Å². The molecular weight excluding hydrogens is 404 g/mol. The highest BCUT2D eigenvalue weighted by molar-refractivity contribution is 7.91. The number of hydrogen-bond acceptors (Lipinski definition) is 5. The Balaban J connectivity index is 1.76. The number of benzene rings is 1. The maximum absolute atomic E-state index is 12.7. The van der Waals surface area contributed by atoms with Crippen molar-refractivity contribution >= 4 is 43.0 Å². The van der Waals surface area contributed by atoms with Crippen LogP contribution in [0.4, 0.5) is 0 Å². The molecule has 136 valence electrons. The largest absolute Gasteiger partial charge is 0.252 e. The summed E-state index contributed by atoms with van der Waals surface area (Å²) in [5, 5.41) is 0.343. The number of halogens is 1. The van der Waals surface area contributed by atoms with E-state index >= 15 is 0 Å². The molecule has 2 aromatic rings. The first-order valence-electron chi connectivity index (χ1n) is 7.53. The molecule has 1 aliphatic rings. The zero-order valence-electron chi connectivity index (χ0n) is 13.4. The van der Waals surface area contributed by atoms with Crippen LogP contribution in [0.25, 0.3) is 0 Å². The van der Waals surface area contributed by atoms with Gasteiger partial charge in [0.25, 0.3) is 10.0 Å². The van der Waals surface area contributed by atoms with E-state index in [1.165, 1.54) is 32.1 Å². The Morgan fingerprint density at radius 3 is 2.04 bits per heavy atom. The van der Waals surface area contributed by atoms with Crippen molar-refractivity contribution in [2.45, 2.75) is 16.0 Å². The number of thiophene rings is 1. The molecule has 1 aromatic carbocycles. The summed E-state index contributed by atoms with van der Waals surface area (Å²) >= 11 is 7.09. The van der Waals surface area contributed by atoms with Crippen LogP contribution in [0, 0.1) is 6.92 Å². The number of sulfonamides is 2. The normalized spacial score (nSPS) is 17.7. The zero-order valence-corrected chi connectivity index (χ0v) is 16.6. The highest BCUT2D eigenvalue weighted by atomic mass is 35.5. The molecule has 0 radical (unpaired) electrons. The number of nitrogens with zero attached hydrogens (tertiary/aromatic N) is 2. The van der Waals surface area contributed by atoms with Crippen LogP contribution >= 0.6 is 22.9 Å². The first kappa shape index (κ1) is 18.8. The van der Waals surface area contributed by atoms with E-state index in [9.17, 15) is 16.8 Å². The molecule has 0 unspecified atom stereocenters. The van der Waals surface area contributed by atoms with E-state index in [1.807, 2.05) is 6.92 Å². The predicted molar refractivity (Wildman–Crippen MR) is 98.0 cm³/mol. The standard InChI is InChI=1S/C15H17ClN2O4S3/c1-12-5-6-15(23-12)25(21,22)18-9-7-17(8-10-18)24(19,20)14-4-2-3-13(16)11-14/h2-6,11H,7-10H2,1H3. The average molecular weight is 421 g/mol. The molecule has 3 rings (SSSR count). The number of rotatable bonds is 4. The van der Waals surface area contributed by atoms with E-state index in [-0.39, 0.29) is 35.3 Å². The molecule has 1 saturated heterocycles. The van der Waals surface area contributed by atoms with Gasteiger partial charge < -0.3 is 0 Å². The van der Waals surface area contributed by atoms with E-state index in [1.54, 1.807) is 24.3 Å². The Hall–Kier alpha value is -0.970. The molecule has 2 heterocycles.